The maximum atomic E-state index is 10.6. The molecule has 1 saturated heterocycles. The Morgan fingerprint density at radius 1 is 1.31 bits per heavy atom. The highest BCUT2D eigenvalue weighted by Gasteiger charge is 2.26. The van der Waals surface area contributed by atoms with Gasteiger partial charge in [0.15, 0.2) is 5.96 Å². The van der Waals surface area contributed by atoms with Gasteiger partial charge in [-0.25, -0.2) is 4.99 Å². The van der Waals surface area contributed by atoms with Crippen molar-refractivity contribution in [3.63, 3.8) is 0 Å². The Balaban J connectivity index is 0.00000300. The van der Waals surface area contributed by atoms with Crippen LogP contribution in [0.5, 0.6) is 0 Å². The Morgan fingerprint density at radius 2 is 2.10 bits per heavy atom. The van der Waals surface area contributed by atoms with Gasteiger partial charge in [0.05, 0.1) is 12.8 Å². The summed E-state index contributed by atoms with van der Waals surface area (Å²) >= 11 is 1.84. The predicted molar refractivity (Wildman–Crippen MR) is 130 cm³/mol. The first-order chi connectivity index (χ1) is 13.6. The summed E-state index contributed by atoms with van der Waals surface area (Å²) in [5.74, 6) is 1.93. The van der Waals surface area contributed by atoms with E-state index in [4.69, 9.17) is 4.42 Å². The number of guanidine groups is 1. The van der Waals surface area contributed by atoms with Crippen molar-refractivity contribution in [3.8, 4) is 0 Å². The second kappa shape index (κ2) is 11.9. The molecule has 2 aromatic rings. The molecule has 1 aliphatic rings. The molecule has 8 heteroatoms. The van der Waals surface area contributed by atoms with Gasteiger partial charge in [0, 0.05) is 24.5 Å². The highest BCUT2D eigenvalue weighted by Crippen LogP contribution is 2.22. The number of hydrogen-bond acceptors (Lipinski definition) is 5. The monoisotopic (exact) mass is 532 g/mol. The van der Waals surface area contributed by atoms with Gasteiger partial charge in [-0.2, -0.15) is 0 Å². The maximum absolute atomic E-state index is 10.6. The fourth-order valence-corrected chi connectivity index (χ4v) is 4.20. The molecule has 0 radical (unpaired) electrons. The van der Waals surface area contributed by atoms with Gasteiger partial charge < -0.3 is 20.2 Å². The fraction of sp³-hybridized carbons (Fsp3) is 0.571. The van der Waals surface area contributed by atoms with Crippen LogP contribution in [-0.2, 0) is 12.1 Å². The molecule has 0 aromatic carbocycles. The summed E-state index contributed by atoms with van der Waals surface area (Å²) in [6.45, 7) is 9.07. The van der Waals surface area contributed by atoms with Crippen molar-refractivity contribution in [2.24, 2.45) is 10.9 Å². The number of nitrogens with zero attached hydrogens (tertiary/aromatic N) is 2. The van der Waals surface area contributed by atoms with Crippen LogP contribution in [0.25, 0.3) is 0 Å². The lowest BCUT2D eigenvalue weighted by atomic mass is 9.97. The van der Waals surface area contributed by atoms with Crippen LogP contribution in [0.3, 0.4) is 0 Å². The summed E-state index contributed by atoms with van der Waals surface area (Å²) in [5, 5.41) is 19.4. The third-order valence-electron chi connectivity index (χ3n) is 5.17. The molecule has 2 aromatic heterocycles. The number of halogens is 1. The number of aliphatic imine (C=N–C) groups is 1. The van der Waals surface area contributed by atoms with Crippen molar-refractivity contribution >= 4 is 41.3 Å². The molecule has 3 heterocycles. The zero-order valence-electron chi connectivity index (χ0n) is 17.3. The van der Waals surface area contributed by atoms with E-state index in [-0.39, 0.29) is 30.5 Å². The predicted octanol–water partition coefficient (Wildman–Crippen LogP) is 3.63. The SMILES string of the molecule is CCNC(=NCC(C)(O)c1ccco1)NCC1CCN(Cc2cccs2)CC1.I. The van der Waals surface area contributed by atoms with Gasteiger partial charge >= 0.3 is 0 Å². The third kappa shape index (κ3) is 7.58. The number of aliphatic hydroxyl groups is 1. The molecule has 0 spiro atoms. The smallest absolute Gasteiger partial charge is 0.191 e. The van der Waals surface area contributed by atoms with E-state index in [2.05, 4.69) is 38.0 Å². The molecule has 162 valence electrons. The minimum Gasteiger partial charge on any atom is -0.466 e. The second-order valence-corrected chi connectivity index (χ2v) is 8.66. The van der Waals surface area contributed by atoms with Crippen molar-refractivity contribution < 1.29 is 9.52 Å². The van der Waals surface area contributed by atoms with Gasteiger partial charge in [-0.15, -0.1) is 35.3 Å². The van der Waals surface area contributed by atoms with E-state index in [0.717, 1.165) is 38.7 Å². The second-order valence-electron chi connectivity index (χ2n) is 7.63. The van der Waals surface area contributed by atoms with Crippen molar-refractivity contribution in [2.45, 2.75) is 38.8 Å². The van der Waals surface area contributed by atoms with Gasteiger partial charge in [0.2, 0.25) is 0 Å². The van der Waals surface area contributed by atoms with Crippen LogP contribution in [-0.4, -0.2) is 48.7 Å². The quantitative estimate of drug-likeness (QED) is 0.275. The van der Waals surface area contributed by atoms with Crippen molar-refractivity contribution in [3.05, 3.63) is 46.5 Å². The standard InChI is InChI=1S/C21H32N4O2S.HI/c1-3-22-20(24-16-21(2,26)19-7-4-12-27-19)23-14-17-8-10-25(11-9-17)15-18-6-5-13-28-18;/h4-7,12-13,17,26H,3,8-11,14-16H2,1-2H3,(H2,22,23,24);1H. The van der Waals surface area contributed by atoms with Gasteiger partial charge in [-0.3, -0.25) is 4.90 Å². The van der Waals surface area contributed by atoms with Crippen molar-refractivity contribution in [2.75, 3.05) is 32.7 Å². The zero-order valence-corrected chi connectivity index (χ0v) is 20.4. The third-order valence-corrected chi connectivity index (χ3v) is 6.03. The minimum absolute atomic E-state index is 0. The number of rotatable bonds is 8. The average Bonchev–Trinajstić information content (AvgIpc) is 3.39. The highest BCUT2D eigenvalue weighted by molar-refractivity contribution is 14.0. The number of piperidine rings is 1. The maximum Gasteiger partial charge on any atom is 0.191 e. The Kier molecular flexibility index (Phi) is 9.94. The summed E-state index contributed by atoms with van der Waals surface area (Å²) in [5.41, 5.74) is -1.11. The first-order valence-corrected chi connectivity index (χ1v) is 11.0. The summed E-state index contributed by atoms with van der Waals surface area (Å²) < 4.78 is 5.33. The topological polar surface area (TPSA) is 73.0 Å². The Labute approximate surface area is 194 Å². The van der Waals surface area contributed by atoms with Crippen LogP contribution in [0.1, 0.15) is 37.3 Å². The molecule has 1 aliphatic heterocycles. The summed E-state index contributed by atoms with van der Waals surface area (Å²) in [7, 11) is 0. The minimum atomic E-state index is -1.11. The van der Waals surface area contributed by atoms with Crippen LogP contribution in [0.2, 0.25) is 0 Å². The van der Waals surface area contributed by atoms with Crippen LogP contribution in [0, 0.1) is 5.92 Å². The number of thiophene rings is 1. The summed E-state index contributed by atoms with van der Waals surface area (Å²) in [6, 6.07) is 7.90. The van der Waals surface area contributed by atoms with E-state index >= 15 is 0 Å². The first-order valence-electron chi connectivity index (χ1n) is 10.1. The molecule has 1 atom stereocenters. The molecule has 1 unspecified atom stereocenters. The number of likely N-dealkylation sites (tertiary alicyclic amines) is 1. The van der Waals surface area contributed by atoms with Gasteiger partial charge in [-0.1, -0.05) is 6.07 Å². The summed E-state index contributed by atoms with van der Waals surface area (Å²) in [4.78, 5) is 8.56. The van der Waals surface area contributed by atoms with Crippen LogP contribution >= 0.6 is 35.3 Å². The lowest BCUT2D eigenvalue weighted by Crippen LogP contribution is -2.43. The molecular weight excluding hydrogens is 499 g/mol. The first kappa shape index (κ1) is 24.2. The number of hydrogen-bond donors (Lipinski definition) is 3. The van der Waals surface area contributed by atoms with Gasteiger partial charge in [0.25, 0.3) is 0 Å². The van der Waals surface area contributed by atoms with Gasteiger partial charge in [-0.05, 0) is 69.3 Å². The molecule has 29 heavy (non-hydrogen) atoms. The fourth-order valence-electron chi connectivity index (χ4n) is 3.45. The van der Waals surface area contributed by atoms with E-state index in [9.17, 15) is 5.11 Å². The molecule has 0 aliphatic carbocycles. The Hall–Kier alpha value is -1.10. The molecule has 3 N–H and O–H groups in total. The van der Waals surface area contributed by atoms with E-state index in [1.807, 2.05) is 18.3 Å². The van der Waals surface area contributed by atoms with Crippen LogP contribution in [0.15, 0.2) is 45.3 Å². The molecule has 0 amide bonds. The lowest BCUT2D eigenvalue weighted by Gasteiger charge is -2.32. The molecular formula is C21H33IN4O2S. The van der Waals surface area contributed by atoms with Gasteiger partial charge in [0.1, 0.15) is 11.4 Å². The van der Waals surface area contributed by atoms with Crippen molar-refractivity contribution in [1.29, 1.82) is 0 Å². The molecule has 6 nitrogen and oxygen atoms in total. The molecule has 1 fully saturated rings. The number of furan rings is 1. The lowest BCUT2D eigenvalue weighted by molar-refractivity contribution is 0.0437. The number of nitrogens with one attached hydrogen (secondary N) is 2. The molecule has 3 rings (SSSR count). The average molecular weight is 532 g/mol. The Morgan fingerprint density at radius 3 is 2.72 bits per heavy atom. The molecule has 0 saturated carbocycles. The van der Waals surface area contributed by atoms with E-state index in [0.29, 0.717) is 11.7 Å². The van der Waals surface area contributed by atoms with Crippen LogP contribution < -0.4 is 10.6 Å². The van der Waals surface area contributed by atoms with E-state index in [1.54, 1.807) is 25.3 Å². The molecule has 0 bridgehead atoms. The largest absolute Gasteiger partial charge is 0.466 e. The normalized spacial score (nSPS) is 18.1. The highest BCUT2D eigenvalue weighted by atomic mass is 127. The van der Waals surface area contributed by atoms with E-state index < -0.39 is 5.60 Å². The summed E-state index contributed by atoms with van der Waals surface area (Å²) in [6.07, 6.45) is 3.96. The Bertz CT molecular complexity index is 711. The van der Waals surface area contributed by atoms with Crippen LogP contribution in [0.4, 0.5) is 0 Å². The van der Waals surface area contributed by atoms with Crippen molar-refractivity contribution in [1.82, 2.24) is 15.5 Å². The van der Waals surface area contributed by atoms with E-state index in [1.165, 1.54) is 17.7 Å². The zero-order chi connectivity index (χ0) is 19.8.